The van der Waals surface area contributed by atoms with E-state index in [1.807, 2.05) is 25.1 Å². The molecule has 0 saturated carbocycles. The first-order chi connectivity index (χ1) is 9.19. The van der Waals surface area contributed by atoms with Gasteiger partial charge in [-0.25, -0.2) is 0 Å². The van der Waals surface area contributed by atoms with Gasteiger partial charge >= 0.3 is 0 Å². The van der Waals surface area contributed by atoms with Gasteiger partial charge in [0.1, 0.15) is 6.61 Å². The lowest BCUT2D eigenvalue weighted by Crippen LogP contribution is -2.11. The van der Waals surface area contributed by atoms with Crippen LogP contribution in [0.1, 0.15) is 26.3 Å². The van der Waals surface area contributed by atoms with E-state index in [0.717, 1.165) is 12.2 Å². The number of para-hydroxylation sites is 1. The first kappa shape index (κ1) is 15.8. The highest BCUT2D eigenvalue weighted by Crippen LogP contribution is 2.31. The van der Waals surface area contributed by atoms with Gasteiger partial charge in [-0.05, 0) is 18.9 Å². The third kappa shape index (κ3) is 5.49. The minimum atomic E-state index is -0.0664. The summed E-state index contributed by atoms with van der Waals surface area (Å²) in [5, 5.41) is 9.32. The molecule has 1 aromatic carbocycles. The van der Waals surface area contributed by atoms with Crippen molar-refractivity contribution in [3.63, 3.8) is 0 Å². The zero-order chi connectivity index (χ0) is 14.1. The molecule has 0 heterocycles. The smallest absolute Gasteiger partial charge is 0.166 e. The van der Waals surface area contributed by atoms with Crippen LogP contribution < -0.4 is 9.47 Å². The van der Waals surface area contributed by atoms with Crippen LogP contribution in [0.4, 0.5) is 0 Å². The number of hydrogen-bond acceptors (Lipinski definition) is 4. The van der Waals surface area contributed by atoms with Crippen LogP contribution in [0, 0.1) is 5.92 Å². The van der Waals surface area contributed by atoms with Gasteiger partial charge in [-0.15, -0.1) is 0 Å². The highest BCUT2D eigenvalue weighted by Gasteiger charge is 2.10. The molecule has 0 aliphatic heterocycles. The molecule has 0 atom stereocenters. The minimum absolute atomic E-state index is 0.0664. The van der Waals surface area contributed by atoms with Gasteiger partial charge in [-0.1, -0.05) is 26.0 Å². The summed E-state index contributed by atoms with van der Waals surface area (Å²) in [6, 6.07) is 5.51. The lowest BCUT2D eigenvalue weighted by Gasteiger charge is -2.15. The Bertz CT molecular complexity index is 363. The average molecular weight is 268 g/mol. The number of hydrogen-bond donors (Lipinski definition) is 1. The third-order valence-electron chi connectivity index (χ3n) is 2.46. The number of ether oxygens (including phenoxy) is 3. The number of benzene rings is 1. The van der Waals surface area contributed by atoms with E-state index in [1.165, 1.54) is 0 Å². The Morgan fingerprint density at radius 1 is 1.16 bits per heavy atom. The van der Waals surface area contributed by atoms with Crippen molar-refractivity contribution in [2.75, 3.05) is 26.4 Å². The fraction of sp³-hybridized carbons (Fsp3) is 0.600. The summed E-state index contributed by atoms with van der Waals surface area (Å²) in [7, 11) is 0. The standard InChI is InChI=1S/C15H24O4/c1-4-18-14-7-5-6-13(10-16)15(14)19-9-8-17-11-12(2)3/h5-7,12,16H,4,8-11H2,1-3H3. The van der Waals surface area contributed by atoms with Crippen LogP contribution >= 0.6 is 0 Å². The third-order valence-corrected chi connectivity index (χ3v) is 2.46. The zero-order valence-electron chi connectivity index (χ0n) is 12.0. The van der Waals surface area contributed by atoms with Gasteiger partial charge in [-0.2, -0.15) is 0 Å². The van der Waals surface area contributed by atoms with E-state index in [2.05, 4.69) is 13.8 Å². The molecule has 1 aromatic rings. The van der Waals surface area contributed by atoms with Crippen molar-refractivity contribution in [1.82, 2.24) is 0 Å². The predicted molar refractivity (Wildman–Crippen MR) is 74.7 cm³/mol. The van der Waals surface area contributed by atoms with Gasteiger partial charge in [0.2, 0.25) is 0 Å². The predicted octanol–water partition coefficient (Wildman–Crippen LogP) is 2.63. The highest BCUT2D eigenvalue weighted by atomic mass is 16.5. The quantitative estimate of drug-likeness (QED) is 0.699. The summed E-state index contributed by atoms with van der Waals surface area (Å²) in [5.41, 5.74) is 0.731. The molecule has 4 heteroatoms. The van der Waals surface area contributed by atoms with Crippen molar-refractivity contribution in [3.05, 3.63) is 23.8 Å². The molecule has 0 aliphatic rings. The molecule has 0 spiro atoms. The van der Waals surface area contributed by atoms with Gasteiger partial charge in [0.25, 0.3) is 0 Å². The SMILES string of the molecule is CCOc1cccc(CO)c1OCCOCC(C)C. The van der Waals surface area contributed by atoms with Crippen LogP contribution in [-0.2, 0) is 11.3 Å². The van der Waals surface area contributed by atoms with Crippen LogP contribution in [0.2, 0.25) is 0 Å². The van der Waals surface area contributed by atoms with Crippen molar-refractivity contribution >= 4 is 0 Å². The lowest BCUT2D eigenvalue weighted by atomic mass is 10.2. The Morgan fingerprint density at radius 3 is 2.58 bits per heavy atom. The van der Waals surface area contributed by atoms with Gasteiger partial charge in [-0.3, -0.25) is 0 Å². The Morgan fingerprint density at radius 2 is 1.95 bits per heavy atom. The molecule has 1 rings (SSSR count). The molecular formula is C15H24O4. The molecule has 0 fully saturated rings. The van der Waals surface area contributed by atoms with Gasteiger partial charge in [0.15, 0.2) is 11.5 Å². The van der Waals surface area contributed by atoms with Gasteiger partial charge in [0, 0.05) is 12.2 Å². The summed E-state index contributed by atoms with van der Waals surface area (Å²) in [6.07, 6.45) is 0. The molecule has 0 radical (unpaired) electrons. The maximum atomic E-state index is 9.32. The van der Waals surface area contributed by atoms with E-state index in [9.17, 15) is 5.11 Å². The van der Waals surface area contributed by atoms with Crippen LogP contribution in [0.3, 0.4) is 0 Å². The highest BCUT2D eigenvalue weighted by molar-refractivity contribution is 5.46. The average Bonchev–Trinajstić information content (AvgIpc) is 2.39. The van der Waals surface area contributed by atoms with E-state index in [1.54, 1.807) is 0 Å². The Hall–Kier alpha value is -1.26. The molecule has 108 valence electrons. The molecule has 0 aliphatic carbocycles. The minimum Gasteiger partial charge on any atom is -0.490 e. The van der Waals surface area contributed by atoms with Crippen molar-refractivity contribution in [2.24, 2.45) is 5.92 Å². The summed E-state index contributed by atoms with van der Waals surface area (Å²) in [4.78, 5) is 0. The monoisotopic (exact) mass is 268 g/mol. The second kappa shape index (κ2) is 8.77. The largest absolute Gasteiger partial charge is 0.490 e. The second-order valence-electron chi connectivity index (χ2n) is 4.65. The fourth-order valence-electron chi connectivity index (χ4n) is 1.64. The Labute approximate surface area is 115 Å². The number of aliphatic hydroxyl groups is 1. The van der Waals surface area contributed by atoms with E-state index < -0.39 is 0 Å². The van der Waals surface area contributed by atoms with E-state index in [0.29, 0.717) is 37.2 Å². The first-order valence-electron chi connectivity index (χ1n) is 6.75. The van der Waals surface area contributed by atoms with Gasteiger partial charge < -0.3 is 19.3 Å². The van der Waals surface area contributed by atoms with Crippen molar-refractivity contribution < 1.29 is 19.3 Å². The molecule has 0 saturated heterocycles. The Kier molecular flexibility index (Phi) is 7.30. The molecule has 4 nitrogen and oxygen atoms in total. The molecule has 1 N–H and O–H groups in total. The molecular weight excluding hydrogens is 244 g/mol. The molecule has 0 amide bonds. The first-order valence-corrected chi connectivity index (χ1v) is 6.75. The molecule has 19 heavy (non-hydrogen) atoms. The van der Waals surface area contributed by atoms with E-state index in [-0.39, 0.29) is 6.61 Å². The maximum Gasteiger partial charge on any atom is 0.166 e. The van der Waals surface area contributed by atoms with Crippen LogP contribution in [0.5, 0.6) is 11.5 Å². The summed E-state index contributed by atoms with van der Waals surface area (Å²) in [5.74, 6) is 1.79. The van der Waals surface area contributed by atoms with Crippen LogP contribution in [0.15, 0.2) is 18.2 Å². The molecule has 0 unspecified atom stereocenters. The van der Waals surface area contributed by atoms with Crippen molar-refractivity contribution in [1.29, 1.82) is 0 Å². The summed E-state index contributed by atoms with van der Waals surface area (Å²) in [6.45, 7) is 8.33. The number of rotatable bonds is 9. The maximum absolute atomic E-state index is 9.32. The Balaban J connectivity index is 2.54. The summed E-state index contributed by atoms with van der Waals surface area (Å²) < 4.78 is 16.6. The normalized spacial score (nSPS) is 10.8. The zero-order valence-corrected chi connectivity index (χ0v) is 12.0. The van der Waals surface area contributed by atoms with Crippen molar-refractivity contribution in [3.8, 4) is 11.5 Å². The van der Waals surface area contributed by atoms with E-state index in [4.69, 9.17) is 14.2 Å². The topological polar surface area (TPSA) is 47.9 Å². The molecule has 0 aromatic heterocycles. The van der Waals surface area contributed by atoms with Crippen LogP contribution in [-0.4, -0.2) is 31.5 Å². The van der Waals surface area contributed by atoms with Gasteiger partial charge in [0.05, 0.1) is 19.8 Å². The summed E-state index contributed by atoms with van der Waals surface area (Å²) >= 11 is 0. The molecule has 0 bridgehead atoms. The van der Waals surface area contributed by atoms with E-state index >= 15 is 0 Å². The fourth-order valence-corrected chi connectivity index (χ4v) is 1.64. The van der Waals surface area contributed by atoms with Crippen molar-refractivity contribution in [2.45, 2.75) is 27.4 Å². The number of aliphatic hydroxyl groups excluding tert-OH is 1. The second-order valence-corrected chi connectivity index (χ2v) is 4.65. The van der Waals surface area contributed by atoms with Crippen LogP contribution in [0.25, 0.3) is 0 Å². The lowest BCUT2D eigenvalue weighted by molar-refractivity contribution is 0.0801.